The Kier molecular flexibility index (Phi) is 3.40. The second kappa shape index (κ2) is 5.19. The van der Waals surface area contributed by atoms with Crippen LogP contribution in [-0.4, -0.2) is 34.3 Å². The predicted octanol–water partition coefficient (Wildman–Crippen LogP) is 2.03. The lowest BCUT2D eigenvalue weighted by molar-refractivity contribution is -0.141. The highest BCUT2D eigenvalue weighted by Gasteiger charge is 2.34. The highest BCUT2D eigenvalue weighted by atomic mass is 16.5. The van der Waals surface area contributed by atoms with Crippen LogP contribution < -0.4 is 4.90 Å². The molecule has 1 aliphatic carbocycles. The lowest BCUT2D eigenvalue weighted by Crippen LogP contribution is -2.30. The number of carbonyl (C=O) groups is 1. The number of hydrogen-bond donors (Lipinski definition) is 1. The van der Waals surface area contributed by atoms with E-state index in [-0.39, 0.29) is 11.8 Å². The van der Waals surface area contributed by atoms with Gasteiger partial charge in [-0.15, -0.1) is 0 Å². The van der Waals surface area contributed by atoms with Crippen molar-refractivity contribution in [2.24, 2.45) is 5.92 Å². The van der Waals surface area contributed by atoms with Gasteiger partial charge in [-0.2, -0.15) is 4.98 Å². The fourth-order valence-corrected chi connectivity index (χ4v) is 3.05. The molecule has 6 heteroatoms. The Hall–Kier alpha value is -1.59. The van der Waals surface area contributed by atoms with Gasteiger partial charge >= 0.3 is 5.97 Å². The molecule has 2 unspecified atom stereocenters. The predicted molar refractivity (Wildman–Crippen MR) is 68.1 cm³/mol. The Bertz CT molecular complexity index is 454. The molecule has 1 saturated carbocycles. The van der Waals surface area contributed by atoms with Crippen LogP contribution >= 0.6 is 0 Å². The van der Waals surface area contributed by atoms with Crippen molar-refractivity contribution in [1.82, 2.24) is 10.1 Å². The van der Waals surface area contributed by atoms with Gasteiger partial charge < -0.3 is 14.5 Å². The summed E-state index contributed by atoms with van der Waals surface area (Å²) in [6.07, 6.45) is 5.78. The molecule has 1 aromatic rings. The Labute approximate surface area is 111 Å². The largest absolute Gasteiger partial charge is 0.481 e. The first-order valence-corrected chi connectivity index (χ1v) is 7.05. The van der Waals surface area contributed by atoms with Gasteiger partial charge in [0.05, 0.1) is 5.92 Å². The van der Waals surface area contributed by atoms with Gasteiger partial charge in [-0.25, -0.2) is 0 Å². The summed E-state index contributed by atoms with van der Waals surface area (Å²) in [7, 11) is 0. The molecule has 2 fully saturated rings. The summed E-state index contributed by atoms with van der Waals surface area (Å²) in [6, 6.07) is 0. The number of carboxylic acid groups (broad SMARTS) is 1. The molecule has 0 amide bonds. The van der Waals surface area contributed by atoms with Crippen molar-refractivity contribution in [3.8, 4) is 0 Å². The van der Waals surface area contributed by atoms with Gasteiger partial charge in [0.1, 0.15) is 0 Å². The summed E-state index contributed by atoms with van der Waals surface area (Å²) in [6.45, 7) is 1.97. The lowest BCUT2D eigenvalue weighted by atomic mass is 10.1. The molecule has 1 aliphatic heterocycles. The average molecular weight is 265 g/mol. The van der Waals surface area contributed by atoms with Gasteiger partial charge in [-0.3, -0.25) is 4.79 Å². The molecule has 3 rings (SSSR count). The Morgan fingerprint density at radius 3 is 2.74 bits per heavy atom. The first kappa shape index (κ1) is 12.4. The van der Waals surface area contributed by atoms with E-state index in [0.717, 1.165) is 19.5 Å². The SMILES string of the molecule is O=C(O)C1CCC(c2nc(N3CCCCC3)no2)C1. The van der Waals surface area contributed by atoms with E-state index in [4.69, 9.17) is 9.63 Å². The van der Waals surface area contributed by atoms with E-state index in [2.05, 4.69) is 15.0 Å². The van der Waals surface area contributed by atoms with Crippen LogP contribution in [0.1, 0.15) is 50.3 Å². The van der Waals surface area contributed by atoms with Crippen molar-refractivity contribution >= 4 is 11.9 Å². The summed E-state index contributed by atoms with van der Waals surface area (Å²) in [4.78, 5) is 17.6. The minimum Gasteiger partial charge on any atom is -0.481 e. The third kappa shape index (κ3) is 2.57. The van der Waals surface area contributed by atoms with E-state index in [0.29, 0.717) is 24.7 Å². The smallest absolute Gasteiger partial charge is 0.306 e. The second-order valence-electron chi connectivity index (χ2n) is 5.53. The minimum absolute atomic E-state index is 0.118. The van der Waals surface area contributed by atoms with Gasteiger partial charge in [0, 0.05) is 19.0 Å². The van der Waals surface area contributed by atoms with Crippen LogP contribution in [0.25, 0.3) is 0 Å². The van der Waals surface area contributed by atoms with Crippen LogP contribution in [0.5, 0.6) is 0 Å². The van der Waals surface area contributed by atoms with Crippen molar-refractivity contribution in [3.05, 3.63) is 5.89 Å². The first-order valence-electron chi connectivity index (χ1n) is 7.05. The highest BCUT2D eigenvalue weighted by molar-refractivity contribution is 5.70. The number of anilines is 1. The zero-order chi connectivity index (χ0) is 13.2. The quantitative estimate of drug-likeness (QED) is 0.900. The number of aromatic nitrogens is 2. The van der Waals surface area contributed by atoms with E-state index in [1.54, 1.807) is 0 Å². The third-order valence-corrected chi connectivity index (χ3v) is 4.20. The maximum absolute atomic E-state index is 11.0. The Morgan fingerprint density at radius 1 is 1.26 bits per heavy atom. The fourth-order valence-electron chi connectivity index (χ4n) is 3.05. The lowest BCUT2D eigenvalue weighted by Gasteiger charge is -2.24. The van der Waals surface area contributed by atoms with Crippen LogP contribution in [0.2, 0.25) is 0 Å². The maximum Gasteiger partial charge on any atom is 0.306 e. The molecule has 0 aromatic carbocycles. The Morgan fingerprint density at radius 2 is 2.05 bits per heavy atom. The number of carboxylic acids is 1. The van der Waals surface area contributed by atoms with Crippen molar-refractivity contribution in [3.63, 3.8) is 0 Å². The van der Waals surface area contributed by atoms with Gasteiger partial charge in [-0.05, 0) is 43.7 Å². The molecular weight excluding hydrogens is 246 g/mol. The number of piperidine rings is 1. The summed E-state index contributed by atoms with van der Waals surface area (Å²) in [5.41, 5.74) is 0. The molecule has 1 aromatic heterocycles. The number of hydrogen-bond acceptors (Lipinski definition) is 5. The molecule has 104 valence electrons. The van der Waals surface area contributed by atoms with Gasteiger partial charge in [0.25, 0.3) is 5.95 Å². The van der Waals surface area contributed by atoms with Gasteiger partial charge in [0.2, 0.25) is 5.89 Å². The standard InChI is InChI=1S/C13H19N3O3/c17-12(18)10-5-4-9(8-10)11-14-13(15-19-11)16-6-2-1-3-7-16/h9-10H,1-8H2,(H,17,18). The van der Waals surface area contributed by atoms with Crippen molar-refractivity contribution in [2.75, 3.05) is 18.0 Å². The summed E-state index contributed by atoms with van der Waals surface area (Å²) in [5.74, 6) is 0.443. The molecule has 0 spiro atoms. The molecule has 2 heterocycles. The van der Waals surface area contributed by atoms with Crippen molar-refractivity contribution in [1.29, 1.82) is 0 Å². The topological polar surface area (TPSA) is 79.5 Å². The molecule has 2 atom stereocenters. The zero-order valence-electron chi connectivity index (χ0n) is 10.9. The van der Waals surface area contributed by atoms with Crippen LogP contribution in [0.4, 0.5) is 5.95 Å². The number of aliphatic carboxylic acids is 1. The van der Waals surface area contributed by atoms with E-state index in [9.17, 15) is 4.79 Å². The van der Waals surface area contributed by atoms with Crippen LogP contribution in [0.3, 0.4) is 0 Å². The van der Waals surface area contributed by atoms with Crippen LogP contribution in [0, 0.1) is 5.92 Å². The number of nitrogens with zero attached hydrogens (tertiary/aromatic N) is 3. The monoisotopic (exact) mass is 265 g/mol. The first-order chi connectivity index (χ1) is 9.24. The van der Waals surface area contributed by atoms with Crippen LogP contribution in [0.15, 0.2) is 4.52 Å². The van der Waals surface area contributed by atoms with Gasteiger partial charge in [0.15, 0.2) is 0 Å². The van der Waals surface area contributed by atoms with E-state index < -0.39 is 5.97 Å². The molecule has 6 nitrogen and oxygen atoms in total. The summed E-state index contributed by atoms with van der Waals surface area (Å²) >= 11 is 0. The van der Waals surface area contributed by atoms with Crippen molar-refractivity contribution in [2.45, 2.75) is 44.4 Å². The van der Waals surface area contributed by atoms with Crippen molar-refractivity contribution < 1.29 is 14.4 Å². The zero-order valence-corrected chi connectivity index (χ0v) is 10.9. The summed E-state index contributed by atoms with van der Waals surface area (Å²) < 4.78 is 5.33. The van der Waals surface area contributed by atoms with Gasteiger partial charge in [-0.1, -0.05) is 0 Å². The molecule has 0 bridgehead atoms. The molecule has 1 saturated heterocycles. The molecule has 19 heavy (non-hydrogen) atoms. The van der Waals surface area contributed by atoms with E-state index in [1.165, 1.54) is 19.3 Å². The Balaban J connectivity index is 1.66. The van der Waals surface area contributed by atoms with E-state index in [1.807, 2.05) is 0 Å². The minimum atomic E-state index is -0.710. The molecule has 0 radical (unpaired) electrons. The average Bonchev–Trinajstić information content (AvgIpc) is 3.09. The fraction of sp³-hybridized carbons (Fsp3) is 0.769. The van der Waals surface area contributed by atoms with Crippen LogP contribution in [-0.2, 0) is 4.79 Å². The molecular formula is C13H19N3O3. The molecule has 2 aliphatic rings. The maximum atomic E-state index is 11.0. The highest BCUT2D eigenvalue weighted by Crippen LogP contribution is 2.38. The second-order valence-corrected chi connectivity index (χ2v) is 5.53. The van der Waals surface area contributed by atoms with E-state index >= 15 is 0 Å². The normalized spacial score (nSPS) is 27.7. The summed E-state index contributed by atoms with van der Waals surface area (Å²) in [5, 5.41) is 13.1. The molecule has 1 N–H and O–H groups in total. The third-order valence-electron chi connectivity index (χ3n) is 4.20. The number of rotatable bonds is 3.